The van der Waals surface area contributed by atoms with Gasteiger partial charge in [-0.1, -0.05) is 30.3 Å². The first-order chi connectivity index (χ1) is 12.6. The van der Waals surface area contributed by atoms with Crippen molar-refractivity contribution >= 4 is 24.2 Å². The molecule has 1 aromatic carbocycles. The first kappa shape index (κ1) is 20.9. The van der Waals surface area contributed by atoms with Crippen molar-refractivity contribution in [1.82, 2.24) is 20.0 Å². The number of rotatable bonds is 7. The number of carbonyl (C=O) groups excluding carboxylic acids is 2. The maximum atomic E-state index is 12.9. The number of piperidine rings is 1. The van der Waals surface area contributed by atoms with Crippen LogP contribution in [0, 0.1) is 0 Å². The molecule has 3 N–H and O–H groups in total. The fourth-order valence-corrected chi connectivity index (χ4v) is 3.18. The number of nitrogens with one attached hydrogen (secondary N) is 1. The molecule has 0 bridgehead atoms. The smallest absolute Gasteiger partial charge is 0.274 e. The van der Waals surface area contributed by atoms with Gasteiger partial charge < -0.3 is 16.0 Å². The number of hydrogen-bond donors (Lipinski definition) is 2. The van der Waals surface area contributed by atoms with E-state index in [1.165, 1.54) is 0 Å². The molecule has 2 aromatic rings. The maximum Gasteiger partial charge on any atom is 0.274 e. The fraction of sp³-hybridized carbons (Fsp3) is 0.421. The molecule has 1 unspecified atom stereocenters. The van der Waals surface area contributed by atoms with Gasteiger partial charge in [0.1, 0.15) is 5.69 Å². The Balaban J connectivity index is 0.00000261. The minimum absolute atomic E-state index is 0. The lowest BCUT2D eigenvalue weighted by Gasteiger charge is -2.23. The van der Waals surface area contributed by atoms with Gasteiger partial charge in [-0.05, 0) is 31.0 Å². The Bertz CT molecular complexity index is 744. The summed E-state index contributed by atoms with van der Waals surface area (Å²) in [6, 6.07) is 11.7. The van der Waals surface area contributed by atoms with Crippen LogP contribution in [0.4, 0.5) is 0 Å². The van der Waals surface area contributed by atoms with E-state index < -0.39 is 5.91 Å². The molecular weight excluding hydrogens is 366 g/mol. The van der Waals surface area contributed by atoms with E-state index in [9.17, 15) is 9.59 Å². The first-order valence-corrected chi connectivity index (χ1v) is 9.01. The lowest BCUT2D eigenvalue weighted by molar-refractivity contribution is -0.118. The summed E-state index contributed by atoms with van der Waals surface area (Å²) in [4.78, 5) is 25.8. The summed E-state index contributed by atoms with van der Waals surface area (Å²) >= 11 is 0. The minimum atomic E-state index is -0.422. The third-order valence-electron chi connectivity index (χ3n) is 4.60. The van der Waals surface area contributed by atoms with Gasteiger partial charge in [-0.3, -0.25) is 14.3 Å². The van der Waals surface area contributed by atoms with E-state index >= 15 is 0 Å². The van der Waals surface area contributed by atoms with Crippen LogP contribution >= 0.6 is 12.4 Å². The molecule has 0 radical (unpaired) electrons. The molecule has 2 amide bonds. The zero-order valence-corrected chi connectivity index (χ0v) is 16.0. The van der Waals surface area contributed by atoms with E-state index in [1.54, 1.807) is 11.0 Å². The number of hydrogen-bond acceptors (Lipinski definition) is 4. The van der Waals surface area contributed by atoms with Crippen molar-refractivity contribution in [3.63, 3.8) is 0 Å². The lowest BCUT2D eigenvalue weighted by atomic mass is 10.1. The molecule has 27 heavy (non-hydrogen) atoms. The molecular formula is C19H26ClN5O2. The Hall–Kier alpha value is -2.38. The van der Waals surface area contributed by atoms with Gasteiger partial charge in [0.25, 0.3) is 5.91 Å². The third-order valence-corrected chi connectivity index (χ3v) is 4.60. The summed E-state index contributed by atoms with van der Waals surface area (Å²) in [5.41, 5.74) is 6.67. The Morgan fingerprint density at radius 3 is 2.70 bits per heavy atom. The van der Waals surface area contributed by atoms with Gasteiger partial charge in [0.2, 0.25) is 5.91 Å². The summed E-state index contributed by atoms with van der Waals surface area (Å²) < 4.78 is 1.87. The topological polar surface area (TPSA) is 93.3 Å². The second-order valence-electron chi connectivity index (χ2n) is 6.61. The lowest BCUT2D eigenvalue weighted by Crippen LogP contribution is -2.34. The molecule has 8 heteroatoms. The van der Waals surface area contributed by atoms with Gasteiger partial charge in [-0.25, -0.2) is 0 Å². The van der Waals surface area contributed by atoms with Crippen LogP contribution < -0.4 is 11.1 Å². The van der Waals surface area contributed by atoms with E-state index in [0.717, 1.165) is 31.5 Å². The summed E-state index contributed by atoms with van der Waals surface area (Å²) in [5.74, 6) is -0.604. The molecule has 0 aliphatic carbocycles. The highest BCUT2D eigenvalue weighted by Gasteiger charge is 2.22. The molecule has 1 aromatic heterocycles. The average molecular weight is 392 g/mol. The van der Waals surface area contributed by atoms with Crippen LogP contribution in [0.15, 0.2) is 42.6 Å². The highest BCUT2D eigenvalue weighted by atomic mass is 35.5. The molecule has 1 atom stereocenters. The summed E-state index contributed by atoms with van der Waals surface area (Å²) in [6.45, 7) is 2.60. The van der Waals surface area contributed by atoms with Gasteiger partial charge in [0, 0.05) is 32.3 Å². The Morgan fingerprint density at radius 1 is 1.26 bits per heavy atom. The molecule has 1 aliphatic heterocycles. The zero-order valence-electron chi connectivity index (χ0n) is 15.2. The summed E-state index contributed by atoms with van der Waals surface area (Å²) in [7, 11) is 0. The minimum Gasteiger partial charge on any atom is -0.370 e. The van der Waals surface area contributed by atoms with Crippen LogP contribution in [0.2, 0.25) is 0 Å². The Kier molecular flexibility index (Phi) is 7.82. The normalized spacial score (nSPS) is 16.4. The van der Waals surface area contributed by atoms with E-state index in [1.807, 2.05) is 41.2 Å². The number of carbonyl (C=O) groups is 2. The number of benzene rings is 1. The van der Waals surface area contributed by atoms with Crippen LogP contribution in [0.3, 0.4) is 0 Å². The van der Waals surface area contributed by atoms with E-state index in [0.29, 0.717) is 12.2 Å². The Labute approximate surface area is 165 Å². The number of nitrogens with two attached hydrogens (primary N) is 1. The highest BCUT2D eigenvalue weighted by molar-refractivity contribution is 5.92. The number of amides is 2. The van der Waals surface area contributed by atoms with Crippen molar-refractivity contribution in [1.29, 1.82) is 0 Å². The fourth-order valence-electron chi connectivity index (χ4n) is 3.18. The molecule has 3 rings (SSSR count). The van der Waals surface area contributed by atoms with Crippen molar-refractivity contribution in [2.24, 2.45) is 5.73 Å². The standard InChI is InChI=1S/C19H25N5O2.ClH/c20-18(25)9-11-23(14-15-5-2-1-3-6-15)19(26)17-8-12-24(22-17)16-7-4-10-21-13-16;/h1-3,5-6,8,12,16,21H,4,7,9-11,13-14H2,(H2,20,25);1H. The van der Waals surface area contributed by atoms with Crippen molar-refractivity contribution in [3.05, 3.63) is 53.9 Å². The maximum absolute atomic E-state index is 12.9. The second kappa shape index (κ2) is 10.1. The van der Waals surface area contributed by atoms with Crippen LogP contribution in [-0.4, -0.2) is 46.1 Å². The van der Waals surface area contributed by atoms with Crippen LogP contribution in [-0.2, 0) is 11.3 Å². The largest absolute Gasteiger partial charge is 0.370 e. The zero-order chi connectivity index (χ0) is 18.4. The molecule has 1 saturated heterocycles. The predicted octanol–water partition coefficient (Wildman–Crippen LogP) is 1.75. The molecule has 0 spiro atoms. The monoisotopic (exact) mass is 391 g/mol. The second-order valence-corrected chi connectivity index (χ2v) is 6.61. The summed E-state index contributed by atoms with van der Waals surface area (Å²) in [6.07, 6.45) is 4.15. The first-order valence-electron chi connectivity index (χ1n) is 9.01. The van der Waals surface area contributed by atoms with Crippen molar-refractivity contribution < 1.29 is 9.59 Å². The molecule has 0 saturated carbocycles. The van der Waals surface area contributed by atoms with Crippen molar-refractivity contribution in [3.8, 4) is 0 Å². The van der Waals surface area contributed by atoms with E-state index in [2.05, 4.69) is 10.4 Å². The Morgan fingerprint density at radius 2 is 2.04 bits per heavy atom. The number of primary amides is 1. The average Bonchev–Trinajstić information content (AvgIpc) is 3.16. The number of aromatic nitrogens is 2. The van der Waals surface area contributed by atoms with E-state index in [4.69, 9.17) is 5.73 Å². The number of halogens is 1. The van der Waals surface area contributed by atoms with Crippen LogP contribution in [0.1, 0.15) is 41.4 Å². The number of nitrogens with zero attached hydrogens (tertiary/aromatic N) is 3. The molecule has 146 valence electrons. The van der Waals surface area contributed by atoms with Crippen LogP contribution in [0.5, 0.6) is 0 Å². The molecule has 2 heterocycles. The molecule has 7 nitrogen and oxygen atoms in total. The highest BCUT2D eigenvalue weighted by Crippen LogP contribution is 2.17. The van der Waals surface area contributed by atoms with Crippen molar-refractivity contribution in [2.75, 3.05) is 19.6 Å². The van der Waals surface area contributed by atoms with Gasteiger partial charge in [0.05, 0.1) is 6.04 Å². The van der Waals surface area contributed by atoms with Crippen molar-refractivity contribution in [2.45, 2.75) is 31.8 Å². The van der Waals surface area contributed by atoms with Gasteiger partial charge in [0.15, 0.2) is 0 Å². The van der Waals surface area contributed by atoms with E-state index in [-0.39, 0.29) is 37.3 Å². The summed E-state index contributed by atoms with van der Waals surface area (Å²) in [5, 5.41) is 7.85. The van der Waals surface area contributed by atoms with Gasteiger partial charge >= 0.3 is 0 Å². The SMILES string of the molecule is Cl.NC(=O)CCN(Cc1ccccc1)C(=O)c1ccn(C2CCCNC2)n1. The molecule has 1 aliphatic rings. The molecule has 1 fully saturated rings. The van der Waals surface area contributed by atoms with Crippen LogP contribution in [0.25, 0.3) is 0 Å². The van der Waals surface area contributed by atoms with Gasteiger partial charge in [-0.15, -0.1) is 12.4 Å². The predicted molar refractivity (Wildman–Crippen MR) is 106 cm³/mol. The quantitative estimate of drug-likeness (QED) is 0.751. The van der Waals surface area contributed by atoms with Gasteiger partial charge in [-0.2, -0.15) is 5.10 Å². The third kappa shape index (κ3) is 5.80.